The first kappa shape index (κ1) is 18.5. The lowest BCUT2D eigenvalue weighted by atomic mass is 9.75. The molecule has 6 heteroatoms. The molecule has 5 rings (SSSR count). The zero-order valence-electron chi connectivity index (χ0n) is 15.5. The molecule has 2 aliphatic rings. The SMILES string of the molecule is OCCOc1ncc2c(c1F)-c1c(Cl)c(F)cc3c1[C@H](C2)C(c1ccccc1)C3. The van der Waals surface area contributed by atoms with Gasteiger partial charge in [0.25, 0.3) is 5.88 Å². The fourth-order valence-electron chi connectivity index (χ4n) is 4.81. The van der Waals surface area contributed by atoms with Crippen molar-refractivity contribution in [2.24, 2.45) is 0 Å². The van der Waals surface area contributed by atoms with E-state index in [-0.39, 0.29) is 41.5 Å². The fraction of sp³-hybridized carbons (Fsp3) is 0.261. The van der Waals surface area contributed by atoms with Crippen LogP contribution in [0.25, 0.3) is 11.1 Å². The summed E-state index contributed by atoms with van der Waals surface area (Å²) in [6.45, 7) is -0.328. The third-order valence-corrected chi connectivity index (χ3v) is 6.32. The molecule has 1 aromatic heterocycles. The lowest BCUT2D eigenvalue weighted by Crippen LogP contribution is -2.17. The van der Waals surface area contributed by atoms with Crippen LogP contribution in [0.5, 0.6) is 5.88 Å². The molecule has 2 aliphatic carbocycles. The third-order valence-electron chi connectivity index (χ3n) is 5.96. The van der Waals surface area contributed by atoms with Gasteiger partial charge in [-0.2, -0.15) is 0 Å². The highest BCUT2D eigenvalue weighted by molar-refractivity contribution is 6.34. The second-order valence-corrected chi connectivity index (χ2v) is 7.88. The van der Waals surface area contributed by atoms with Crippen LogP contribution >= 0.6 is 11.6 Å². The summed E-state index contributed by atoms with van der Waals surface area (Å²) in [4.78, 5) is 4.09. The summed E-state index contributed by atoms with van der Waals surface area (Å²) in [7, 11) is 0. The first-order valence-electron chi connectivity index (χ1n) is 9.57. The van der Waals surface area contributed by atoms with E-state index in [1.807, 2.05) is 18.2 Å². The fourth-order valence-corrected chi connectivity index (χ4v) is 5.07. The number of pyridine rings is 1. The molecule has 0 bridgehead atoms. The van der Waals surface area contributed by atoms with Gasteiger partial charge < -0.3 is 9.84 Å². The molecule has 0 saturated carbocycles. The Bertz CT molecular complexity index is 1100. The number of nitrogens with zero attached hydrogens (tertiary/aromatic N) is 1. The van der Waals surface area contributed by atoms with Crippen molar-refractivity contribution in [1.29, 1.82) is 0 Å². The van der Waals surface area contributed by atoms with Crippen LogP contribution in [0.4, 0.5) is 8.78 Å². The second-order valence-electron chi connectivity index (χ2n) is 7.50. The highest BCUT2D eigenvalue weighted by Crippen LogP contribution is 2.56. The molecule has 0 radical (unpaired) electrons. The Hall–Kier alpha value is -2.50. The summed E-state index contributed by atoms with van der Waals surface area (Å²) in [5, 5.41) is 8.90. The zero-order valence-corrected chi connectivity index (χ0v) is 16.2. The predicted octanol–water partition coefficient (Wildman–Crippen LogP) is 5.03. The third kappa shape index (κ3) is 2.83. The maximum Gasteiger partial charge on any atom is 0.251 e. The average Bonchev–Trinajstić information content (AvgIpc) is 3.09. The number of aromatic nitrogens is 1. The van der Waals surface area contributed by atoms with Gasteiger partial charge in [-0.3, -0.25) is 0 Å². The molecule has 0 fully saturated rings. The second kappa shape index (κ2) is 7.08. The molecule has 2 atom stereocenters. The number of fused-ring (bicyclic) bond motifs is 2. The van der Waals surface area contributed by atoms with Crippen LogP contribution < -0.4 is 4.74 Å². The molecule has 0 spiro atoms. The van der Waals surface area contributed by atoms with Gasteiger partial charge in [-0.05, 0) is 53.0 Å². The summed E-state index contributed by atoms with van der Waals surface area (Å²) < 4.78 is 35.2. The summed E-state index contributed by atoms with van der Waals surface area (Å²) in [6.07, 6.45) is 2.86. The summed E-state index contributed by atoms with van der Waals surface area (Å²) in [6, 6.07) is 11.6. The van der Waals surface area contributed by atoms with E-state index in [1.165, 1.54) is 11.6 Å². The number of aliphatic hydroxyl groups excluding tert-OH is 1. The zero-order chi connectivity index (χ0) is 20.1. The number of halogens is 3. The number of benzene rings is 2. The van der Waals surface area contributed by atoms with Crippen molar-refractivity contribution in [2.75, 3.05) is 13.2 Å². The van der Waals surface area contributed by atoms with Crippen LogP contribution in [0.1, 0.15) is 34.1 Å². The molecule has 1 unspecified atom stereocenters. The molecule has 29 heavy (non-hydrogen) atoms. The number of rotatable bonds is 4. The van der Waals surface area contributed by atoms with Gasteiger partial charge in [-0.15, -0.1) is 0 Å². The Morgan fingerprint density at radius 1 is 1.07 bits per heavy atom. The van der Waals surface area contributed by atoms with Crippen molar-refractivity contribution < 1.29 is 18.6 Å². The Balaban J connectivity index is 1.71. The minimum atomic E-state index is -0.660. The molecule has 0 saturated heterocycles. The van der Waals surface area contributed by atoms with Crippen molar-refractivity contribution in [3.8, 4) is 17.0 Å². The van der Waals surface area contributed by atoms with Crippen LogP contribution in [0.2, 0.25) is 5.02 Å². The first-order valence-corrected chi connectivity index (χ1v) is 9.95. The Kier molecular flexibility index (Phi) is 4.52. The van der Waals surface area contributed by atoms with E-state index < -0.39 is 11.6 Å². The van der Waals surface area contributed by atoms with Crippen molar-refractivity contribution >= 4 is 11.6 Å². The van der Waals surface area contributed by atoms with Crippen LogP contribution in [0.3, 0.4) is 0 Å². The topological polar surface area (TPSA) is 42.4 Å². The van der Waals surface area contributed by atoms with Crippen molar-refractivity contribution in [3.05, 3.63) is 81.5 Å². The lowest BCUT2D eigenvalue weighted by Gasteiger charge is -2.29. The first-order chi connectivity index (χ1) is 14.1. The van der Waals surface area contributed by atoms with Crippen molar-refractivity contribution in [2.45, 2.75) is 24.7 Å². The van der Waals surface area contributed by atoms with E-state index in [0.29, 0.717) is 24.0 Å². The summed E-state index contributed by atoms with van der Waals surface area (Å²) >= 11 is 6.38. The van der Waals surface area contributed by atoms with Gasteiger partial charge in [0.1, 0.15) is 12.4 Å². The normalized spacial score (nSPS) is 19.0. The van der Waals surface area contributed by atoms with Gasteiger partial charge >= 0.3 is 0 Å². The molecule has 2 aromatic carbocycles. The lowest BCUT2D eigenvalue weighted by molar-refractivity contribution is 0.191. The van der Waals surface area contributed by atoms with Gasteiger partial charge in [0.15, 0.2) is 5.82 Å². The van der Waals surface area contributed by atoms with Crippen molar-refractivity contribution in [1.82, 2.24) is 4.98 Å². The largest absolute Gasteiger partial charge is 0.473 e. The molecular weight excluding hydrogens is 396 g/mol. The van der Waals surface area contributed by atoms with Crippen LogP contribution in [-0.2, 0) is 12.8 Å². The molecule has 1 heterocycles. The molecule has 1 N–H and O–H groups in total. The van der Waals surface area contributed by atoms with E-state index in [2.05, 4.69) is 17.1 Å². The van der Waals surface area contributed by atoms with Gasteiger partial charge in [0, 0.05) is 17.3 Å². The Morgan fingerprint density at radius 2 is 1.83 bits per heavy atom. The van der Waals surface area contributed by atoms with E-state index in [4.69, 9.17) is 21.4 Å². The van der Waals surface area contributed by atoms with Crippen molar-refractivity contribution in [3.63, 3.8) is 0 Å². The van der Waals surface area contributed by atoms with E-state index in [9.17, 15) is 4.39 Å². The number of ether oxygens (including phenoxy) is 1. The number of hydrogen-bond donors (Lipinski definition) is 1. The van der Waals surface area contributed by atoms with Gasteiger partial charge in [0.05, 0.1) is 11.6 Å². The summed E-state index contributed by atoms with van der Waals surface area (Å²) in [5.41, 5.74) is 4.35. The monoisotopic (exact) mass is 413 g/mol. The Labute approximate surface area is 171 Å². The maximum atomic E-state index is 15.3. The quantitative estimate of drug-likeness (QED) is 0.652. The average molecular weight is 414 g/mol. The molecule has 3 nitrogen and oxygen atoms in total. The van der Waals surface area contributed by atoms with Crippen LogP contribution in [-0.4, -0.2) is 23.3 Å². The molecule has 0 amide bonds. The van der Waals surface area contributed by atoms with Crippen LogP contribution in [0.15, 0.2) is 42.6 Å². The van der Waals surface area contributed by atoms with E-state index in [1.54, 1.807) is 6.20 Å². The van der Waals surface area contributed by atoms with E-state index >= 15 is 4.39 Å². The standard InChI is InChI=1S/C23H18ClF2NO2/c24-21-17(25)10-13-8-15(12-4-2-1-3-5-12)16-9-14-11-27-23(29-7-6-28)22(26)19(14)20(21)18(13)16/h1-5,10-11,15-16,28H,6-9H2/t15?,16-/m1/s1. The number of aliphatic hydroxyl groups is 1. The minimum Gasteiger partial charge on any atom is -0.473 e. The summed E-state index contributed by atoms with van der Waals surface area (Å²) in [5.74, 6) is -1.16. The highest BCUT2D eigenvalue weighted by Gasteiger charge is 2.42. The molecule has 3 aromatic rings. The van der Waals surface area contributed by atoms with Gasteiger partial charge in [-0.1, -0.05) is 41.9 Å². The number of hydrogen-bond acceptors (Lipinski definition) is 3. The molecule has 148 valence electrons. The van der Waals surface area contributed by atoms with Crippen LogP contribution in [0, 0.1) is 11.6 Å². The van der Waals surface area contributed by atoms with Gasteiger partial charge in [0.2, 0.25) is 0 Å². The highest BCUT2D eigenvalue weighted by atomic mass is 35.5. The predicted molar refractivity (Wildman–Crippen MR) is 107 cm³/mol. The van der Waals surface area contributed by atoms with Gasteiger partial charge in [-0.25, -0.2) is 13.8 Å². The minimum absolute atomic E-state index is 0.0679. The smallest absolute Gasteiger partial charge is 0.251 e. The Morgan fingerprint density at radius 3 is 2.59 bits per heavy atom. The molecule has 0 aliphatic heterocycles. The molecular formula is C23H18ClF2NO2. The maximum absolute atomic E-state index is 15.3. The van der Waals surface area contributed by atoms with E-state index in [0.717, 1.165) is 11.1 Å².